The Hall–Kier alpha value is -0.720. The van der Waals surface area contributed by atoms with Crippen molar-refractivity contribution in [2.24, 2.45) is 0 Å². The monoisotopic (exact) mass is 187 g/mol. The summed E-state index contributed by atoms with van der Waals surface area (Å²) in [5.41, 5.74) is -0.689. The van der Waals surface area contributed by atoms with Crippen LogP contribution in [-0.4, -0.2) is 23.1 Å². The van der Waals surface area contributed by atoms with Crippen LogP contribution >= 0.6 is 11.6 Å². The van der Waals surface area contributed by atoms with Crippen LogP contribution in [0, 0.1) is 12.3 Å². The van der Waals surface area contributed by atoms with Crippen molar-refractivity contribution in [2.75, 3.05) is 0 Å². The zero-order valence-electron chi connectivity index (χ0n) is 6.93. The average Bonchev–Trinajstić information content (AvgIpc) is 2.03. The van der Waals surface area contributed by atoms with Gasteiger partial charge in [-0.05, 0) is 13.8 Å². The summed E-state index contributed by atoms with van der Waals surface area (Å²) in [7, 11) is 0. The molecule has 1 fully saturated rings. The van der Waals surface area contributed by atoms with Gasteiger partial charge in [0.05, 0.1) is 0 Å². The van der Waals surface area contributed by atoms with Crippen molar-refractivity contribution in [3.8, 4) is 12.3 Å². The Morgan fingerprint density at radius 3 is 2.67 bits per heavy atom. The Morgan fingerprint density at radius 1 is 1.75 bits per heavy atom. The summed E-state index contributed by atoms with van der Waals surface area (Å²) in [6.45, 7) is 3.47. The van der Waals surface area contributed by atoms with E-state index in [4.69, 9.17) is 22.8 Å². The standard InChI is InChI=1S/C8H10ClNO2/c1-4-8(2,3)12-7-5(9)6(11)10-7/h1,5,7H,2-3H3,(H,10,11). The molecule has 0 spiro atoms. The number of carbonyl (C=O) groups excluding carboxylic acids is 1. The molecule has 3 nitrogen and oxygen atoms in total. The van der Waals surface area contributed by atoms with Gasteiger partial charge in [0.15, 0.2) is 11.6 Å². The number of amides is 1. The Bertz CT molecular complexity index is 244. The van der Waals surface area contributed by atoms with Gasteiger partial charge in [0, 0.05) is 0 Å². The van der Waals surface area contributed by atoms with Crippen LogP contribution in [0.3, 0.4) is 0 Å². The predicted octanol–water partition coefficient (Wildman–Crippen LogP) is 0.478. The van der Waals surface area contributed by atoms with E-state index in [1.807, 2.05) is 0 Å². The maximum absolute atomic E-state index is 10.6. The quantitative estimate of drug-likeness (QED) is 0.388. The van der Waals surface area contributed by atoms with Crippen molar-refractivity contribution in [2.45, 2.75) is 31.1 Å². The molecular formula is C8H10ClNO2. The summed E-state index contributed by atoms with van der Waals surface area (Å²) in [4.78, 5) is 10.6. The maximum Gasteiger partial charge on any atom is 0.244 e. The highest BCUT2D eigenvalue weighted by atomic mass is 35.5. The van der Waals surface area contributed by atoms with Crippen LogP contribution in [0.15, 0.2) is 0 Å². The van der Waals surface area contributed by atoms with Crippen LogP contribution in [-0.2, 0) is 9.53 Å². The minimum Gasteiger partial charge on any atom is -0.338 e. The summed E-state index contributed by atoms with van der Waals surface area (Å²) in [5.74, 6) is 2.23. The zero-order valence-corrected chi connectivity index (χ0v) is 7.68. The lowest BCUT2D eigenvalue weighted by Gasteiger charge is -2.36. The molecule has 0 saturated carbocycles. The third-order valence-corrected chi connectivity index (χ3v) is 2.00. The predicted molar refractivity (Wildman–Crippen MR) is 45.6 cm³/mol. The topological polar surface area (TPSA) is 38.3 Å². The molecule has 2 unspecified atom stereocenters. The van der Waals surface area contributed by atoms with E-state index in [0.29, 0.717) is 0 Å². The highest BCUT2D eigenvalue weighted by Gasteiger charge is 2.41. The van der Waals surface area contributed by atoms with E-state index < -0.39 is 17.2 Å². The van der Waals surface area contributed by atoms with Crippen molar-refractivity contribution in [3.05, 3.63) is 0 Å². The smallest absolute Gasteiger partial charge is 0.244 e. The molecule has 0 aromatic heterocycles. The average molecular weight is 188 g/mol. The van der Waals surface area contributed by atoms with Gasteiger partial charge < -0.3 is 10.1 Å². The number of halogens is 1. The van der Waals surface area contributed by atoms with Crippen LogP contribution in [0.1, 0.15) is 13.8 Å². The molecule has 2 atom stereocenters. The highest BCUT2D eigenvalue weighted by Crippen LogP contribution is 2.20. The molecule has 66 valence electrons. The van der Waals surface area contributed by atoms with E-state index in [1.54, 1.807) is 13.8 Å². The first-order valence-electron chi connectivity index (χ1n) is 3.56. The van der Waals surface area contributed by atoms with E-state index in [2.05, 4.69) is 11.2 Å². The van der Waals surface area contributed by atoms with Crippen LogP contribution in [0.2, 0.25) is 0 Å². The van der Waals surface area contributed by atoms with Crippen LogP contribution < -0.4 is 5.32 Å². The van der Waals surface area contributed by atoms with Crippen molar-refractivity contribution in [1.82, 2.24) is 5.32 Å². The van der Waals surface area contributed by atoms with Gasteiger partial charge in [0.25, 0.3) is 0 Å². The molecule has 12 heavy (non-hydrogen) atoms. The Kier molecular flexibility index (Phi) is 2.31. The number of alkyl halides is 1. The number of terminal acetylenes is 1. The molecule has 0 aliphatic carbocycles. The maximum atomic E-state index is 10.6. The first-order valence-corrected chi connectivity index (χ1v) is 4.00. The van der Waals surface area contributed by atoms with Crippen LogP contribution in [0.5, 0.6) is 0 Å². The molecule has 1 aliphatic heterocycles. The highest BCUT2D eigenvalue weighted by molar-refractivity contribution is 6.33. The first kappa shape index (κ1) is 9.37. The van der Waals surface area contributed by atoms with E-state index >= 15 is 0 Å². The number of β-lactam (4-membered cyclic amide) rings is 1. The van der Waals surface area contributed by atoms with Crippen LogP contribution in [0.4, 0.5) is 0 Å². The summed E-state index contributed by atoms with van der Waals surface area (Å²) in [6.07, 6.45) is 4.73. The van der Waals surface area contributed by atoms with E-state index in [0.717, 1.165) is 0 Å². The van der Waals surface area contributed by atoms with E-state index in [9.17, 15) is 4.79 Å². The van der Waals surface area contributed by atoms with Crippen molar-refractivity contribution < 1.29 is 9.53 Å². The molecule has 1 aliphatic rings. The van der Waals surface area contributed by atoms with Gasteiger partial charge in [-0.3, -0.25) is 4.79 Å². The van der Waals surface area contributed by atoms with E-state index in [-0.39, 0.29) is 5.91 Å². The van der Waals surface area contributed by atoms with Gasteiger partial charge >= 0.3 is 0 Å². The fourth-order valence-electron chi connectivity index (χ4n) is 0.775. The Balaban J connectivity index is 2.45. The second kappa shape index (κ2) is 2.96. The molecule has 1 rings (SSSR count). The summed E-state index contributed by atoms with van der Waals surface area (Å²) in [6, 6.07) is 0. The fraction of sp³-hybridized carbons (Fsp3) is 0.625. The number of hydrogen-bond donors (Lipinski definition) is 1. The zero-order chi connectivity index (χ0) is 9.35. The number of hydrogen-bond acceptors (Lipinski definition) is 2. The number of carbonyl (C=O) groups is 1. The van der Waals surface area contributed by atoms with Gasteiger partial charge in [-0.25, -0.2) is 0 Å². The van der Waals surface area contributed by atoms with Gasteiger partial charge in [0.1, 0.15) is 5.60 Å². The molecule has 0 aromatic rings. The third kappa shape index (κ3) is 1.71. The minimum absolute atomic E-state index is 0.213. The lowest BCUT2D eigenvalue weighted by Crippen LogP contribution is -2.62. The molecule has 1 heterocycles. The summed E-state index contributed by atoms with van der Waals surface area (Å²) in [5, 5.41) is 1.88. The Labute approximate surface area is 76.4 Å². The first-order chi connectivity index (χ1) is 5.46. The summed E-state index contributed by atoms with van der Waals surface area (Å²) >= 11 is 5.62. The molecule has 1 N–H and O–H groups in total. The molecule has 0 bridgehead atoms. The van der Waals surface area contributed by atoms with Crippen molar-refractivity contribution in [1.29, 1.82) is 0 Å². The lowest BCUT2D eigenvalue weighted by atomic mass is 10.1. The van der Waals surface area contributed by atoms with Gasteiger partial charge in [-0.15, -0.1) is 18.0 Å². The van der Waals surface area contributed by atoms with Crippen molar-refractivity contribution >= 4 is 17.5 Å². The second-order valence-corrected chi connectivity index (χ2v) is 3.57. The Morgan fingerprint density at radius 2 is 2.33 bits per heavy atom. The number of nitrogens with one attached hydrogen (secondary N) is 1. The minimum atomic E-state index is -0.689. The van der Waals surface area contributed by atoms with Crippen LogP contribution in [0.25, 0.3) is 0 Å². The number of rotatable bonds is 2. The van der Waals surface area contributed by atoms with Gasteiger partial charge in [0.2, 0.25) is 5.91 Å². The van der Waals surface area contributed by atoms with E-state index in [1.165, 1.54) is 0 Å². The number of ether oxygens (including phenoxy) is 1. The fourth-order valence-corrected chi connectivity index (χ4v) is 0.952. The largest absolute Gasteiger partial charge is 0.338 e. The lowest BCUT2D eigenvalue weighted by molar-refractivity contribution is -0.147. The van der Waals surface area contributed by atoms with Crippen molar-refractivity contribution in [3.63, 3.8) is 0 Å². The molecular weight excluding hydrogens is 178 g/mol. The molecule has 1 saturated heterocycles. The second-order valence-electron chi connectivity index (χ2n) is 3.10. The normalized spacial score (nSPS) is 28.7. The van der Waals surface area contributed by atoms with Gasteiger partial charge in [-0.2, -0.15) is 0 Å². The molecule has 0 aromatic carbocycles. The van der Waals surface area contributed by atoms with Gasteiger partial charge in [-0.1, -0.05) is 5.92 Å². The molecule has 4 heteroatoms. The molecule has 1 amide bonds. The summed E-state index contributed by atoms with van der Waals surface area (Å²) < 4.78 is 5.31. The molecule has 0 radical (unpaired) electrons. The third-order valence-electron chi connectivity index (χ3n) is 1.57. The SMILES string of the molecule is C#CC(C)(C)OC1NC(=O)C1Cl.